The van der Waals surface area contributed by atoms with Gasteiger partial charge in [0.2, 0.25) is 0 Å². The minimum atomic E-state index is -0.404. The molecular weight excluding hydrogens is 324 g/mol. The van der Waals surface area contributed by atoms with Gasteiger partial charge in [0.25, 0.3) is 0 Å². The number of hydrogen-bond donors (Lipinski definition) is 2. The summed E-state index contributed by atoms with van der Waals surface area (Å²) < 4.78 is 1.06. The summed E-state index contributed by atoms with van der Waals surface area (Å²) in [5.74, 6) is 1.13. The van der Waals surface area contributed by atoms with Crippen molar-refractivity contribution in [3.05, 3.63) is 52.6 Å². The maximum Gasteiger partial charge on any atom is 0.123 e. The molecule has 0 aliphatic rings. The van der Waals surface area contributed by atoms with Crippen LogP contribution in [0.3, 0.4) is 0 Å². The molecule has 0 saturated carbocycles. The molecule has 0 spiro atoms. The van der Waals surface area contributed by atoms with Crippen molar-refractivity contribution >= 4 is 33.5 Å². The number of nitrogens with two attached hydrogens (primary N) is 1. The molecule has 1 heterocycles. The molecule has 19 heavy (non-hydrogen) atoms. The van der Waals surface area contributed by atoms with Gasteiger partial charge in [-0.3, -0.25) is 0 Å². The van der Waals surface area contributed by atoms with E-state index in [4.69, 9.17) is 5.73 Å². The van der Waals surface area contributed by atoms with Crippen LogP contribution in [0.25, 0.3) is 0 Å². The summed E-state index contributed by atoms with van der Waals surface area (Å²) in [5, 5.41) is 10.0. The number of aliphatic hydroxyl groups is 1. The minimum Gasteiger partial charge on any atom is -0.392 e. The maximum absolute atomic E-state index is 10.0. The van der Waals surface area contributed by atoms with Crippen LogP contribution in [0.15, 0.2) is 52.0 Å². The van der Waals surface area contributed by atoms with E-state index in [0.29, 0.717) is 18.0 Å². The van der Waals surface area contributed by atoms with E-state index in [2.05, 4.69) is 20.9 Å². The summed E-state index contributed by atoms with van der Waals surface area (Å²) in [6.45, 7) is 0. The standard InChI is InChI=1S/C14H15BrN2OS/c15-12-3-1-2-4-13(12)19-9-11(18)7-10-5-6-17-14(16)8-10/h1-6,8,11,18H,7,9H2,(H2,16,17). The van der Waals surface area contributed by atoms with Gasteiger partial charge in [-0.2, -0.15) is 0 Å². The van der Waals surface area contributed by atoms with Crippen molar-refractivity contribution in [2.24, 2.45) is 0 Å². The van der Waals surface area contributed by atoms with Gasteiger partial charge < -0.3 is 10.8 Å². The second-order valence-corrected chi connectivity index (χ2v) is 6.10. The zero-order valence-electron chi connectivity index (χ0n) is 10.3. The number of pyridine rings is 1. The third kappa shape index (κ3) is 4.53. The molecule has 5 heteroatoms. The third-order valence-corrected chi connectivity index (χ3v) is 4.76. The van der Waals surface area contributed by atoms with Gasteiger partial charge in [-0.25, -0.2) is 4.98 Å². The first-order valence-electron chi connectivity index (χ1n) is 5.91. The lowest BCUT2D eigenvalue weighted by molar-refractivity contribution is 0.200. The summed E-state index contributed by atoms with van der Waals surface area (Å²) in [6.07, 6.45) is 1.85. The van der Waals surface area contributed by atoms with Crippen molar-refractivity contribution in [1.29, 1.82) is 0 Å². The Morgan fingerprint density at radius 2 is 2.11 bits per heavy atom. The molecule has 1 unspecified atom stereocenters. The van der Waals surface area contributed by atoms with E-state index in [1.165, 1.54) is 0 Å². The van der Waals surface area contributed by atoms with Gasteiger partial charge in [0.15, 0.2) is 0 Å². The Morgan fingerprint density at radius 1 is 1.32 bits per heavy atom. The number of aromatic nitrogens is 1. The number of benzene rings is 1. The highest BCUT2D eigenvalue weighted by Gasteiger charge is 2.08. The van der Waals surface area contributed by atoms with E-state index in [1.54, 1.807) is 24.0 Å². The topological polar surface area (TPSA) is 59.1 Å². The number of nitrogens with zero attached hydrogens (tertiary/aromatic N) is 1. The Hall–Kier alpha value is -1.04. The van der Waals surface area contributed by atoms with Crippen LogP contribution in [0.2, 0.25) is 0 Å². The van der Waals surface area contributed by atoms with Crippen LogP contribution in [-0.4, -0.2) is 21.9 Å². The monoisotopic (exact) mass is 338 g/mol. The van der Waals surface area contributed by atoms with Crippen molar-refractivity contribution in [2.75, 3.05) is 11.5 Å². The average Bonchev–Trinajstić information content (AvgIpc) is 2.38. The zero-order chi connectivity index (χ0) is 13.7. The van der Waals surface area contributed by atoms with Gasteiger partial charge in [0, 0.05) is 21.3 Å². The van der Waals surface area contributed by atoms with Gasteiger partial charge in [0.05, 0.1) is 6.10 Å². The van der Waals surface area contributed by atoms with Crippen molar-refractivity contribution in [3.8, 4) is 0 Å². The lowest BCUT2D eigenvalue weighted by Gasteiger charge is -2.11. The first-order chi connectivity index (χ1) is 9.15. The van der Waals surface area contributed by atoms with Crippen LogP contribution < -0.4 is 5.73 Å². The lowest BCUT2D eigenvalue weighted by Crippen LogP contribution is -2.13. The Balaban J connectivity index is 1.88. The SMILES string of the molecule is Nc1cc(CC(O)CSc2ccccc2Br)ccn1. The molecule has 0 radical (unpaired) electrons. The average molecular weight is 339 g/mol. The van der Waals surface area contributed by atoms with E-state index in [1.807, 2.05) is 30.3 Å². The maximum atomic E-state index is 10.0. The van der Waals surface area contributed by atoms with Crippen LogP contribution in [-0.2, 0) is 6.42 Å². The van der Waals surface area contributed by atoms with E-state index < -0.39 is 6.10 Å². The molecule has 2 aromatic rings. The summed E-state index contributed by atoms with van der Waals surface area (Å²) in [4.78, 5) is 5.07. The van der Waals surface area contributed by atoms with Gasteiger partial charge >= 0.3 is 0 Å². The Bertz CT molecular complexity index is 550. The molecule has 1 atom stereocenters. The molecule has 0 amide bonds. The summed E-state index contributed by atoms with van der Waals surface area (Å²) in [5.41, 5.74) is 6.62. The Morgan fingerprint density at radius 3 is 2.84 bits per heavy atom. The number of rotatable bonds is 5. The second kappa shape index (κ2) is 6.93. The molecule has 1 aromatic carbocycles. The largest absolute Gasteiger partial charge is 0.392 e. The molecule has 0 fully saturated rings. The molecule has 3 nitrogen and oxygen atoms in total. The van der Waals surface area contributed by atoms with Gasteiger partial charge in [0.1, 0.15) is 5.82 Å². The number of hydrogen-bond acceptors (Lipinski definition) is 4. The van der Waals surface area contributed by atoms with Crippen molar-refractivity contribution in [1.82, 2.24) is 4.98 Å². The highest BCUT2D eigenvalue weighted by molar-refractivity contribution is 9.10. The molecule has 1 aromatic heterocycles. The molecule has 100 valence electrons. The first-order valence-corrected chi connectivity index (χ1v) is 7.69. The van der Waals surface area contributed by atoms with E-state index in [0.717, 1.165) is 14.9 Å². The number of halogens is 1. The highest BCUT2D eigenvalue weighted by Crippen LogP contribution is 2.27. The summed E-state index contributed by atoms with van der Waals surface area (Å²) in [7, 11) is 0. The van der Waals surface area contributed by atoms with Gasteiger partial charge in [-0.05, 0) is 52.2 Å². The minimum absolute atomic E-state index is 0.404. The van der Waals surface area contributed by atoms with Gasteiger partial charge in [-0.15, -0.1) is 11.8 Å². The molecular formula is C14H15BrN2OS. The van der Waals surface area contributed by atoms with Gasteiger partial charge in [-0.1, -0.05) is 12.1 Å². The van der Waals surface area contributed by atoms with E-state index in [9.17, 15) is 5.11 Å². The van der Waals surface area contributed by atoms with Crippen molar-refractivity contribution in [2.45, 2.75) is 17.4 Å². The molecule has 0 saturated heterocycles. The first kappa shape index (κ1) is 14.4. The van der Waals surface area contributed by atoms with E-state index in [-0.39, 0.29) is 0 Å². The molecule has 0 bridgehead atoms. The fourth-order valence-corrected chi connectivity index (χ4v) is 3.20. The number of nitrogen functional groups attached to an aromatic ring is 1. The van der Waals surface area contributed by atoms with Crippen molar-refractivity contribution in [3.63, 3.8) is 0 Å². The lowest BCUT2D eigenvalue weighted by atomic mass is 10.1. The second-order valence-electron chi connectivity index (χ2n) is 4.19. The summed E-state index contributed by atoms with van der Waals surface area (Å²) >= 11 is 5.13. The zero-order valence-corrected chi connectivity index (χ0v) is 12.7. The van der Waals surface area contributed by atoms with Crippen LogP contribution in [0.4, 0.5) is 5.82 Å². The fourth-order valence-electron chi connectivity index (χ4n) is 1.70. The molecule has 0 aliphatic carbocycles. The Labute approximate surface area is 125 Å². The molecule has 0 aliphatic heterocycles. The number of anilines is 1. The smallest absolute Gasteiger partial charge is 0.123 e. The number of thioether (sulfide) groups is 1. The summed E-state index contributed by atoms with van der Waals surface area (Å²) in [6, 6.07) is 11.7. The normalized spacial score (nSPS) is 12.3. The molecule has 2 rings (SSSR count). The number of aliphatic hydroxyl groups excluding tert-OH is 1. The highest BCUT2D eigenvalue weighted by atomic mass is 79.9. The fraction of sp³-hybridized carbons (Fsp3) is 0.214. The Kier molecular flexibility index (Phi) is 5.24. The predicted octanol–water partition coefficient (Wildman–Crippen LogP) is 3.12. The third-order valence-electron chi connectivity index (χ3n) is 2.58. The van der Waals surface area contributed by atoms with Crippen LogP contribution in [0, 0.1) is 0 Å². The van der Waals surface area contributed by atoms with E-state index >= 15 is 0 Å². The molecule has 3 N–H and O–H groups in total. The van der Waals surface area contributed by atoms with Crippen LogP contribution in [0.1, 0.15) is 5.56 Å². The van der Waals surface area contributed by atoms with Crippen LogP contribution >= 0.6 is 27.7 Å². The van der Waals surface area contributed by atoms with Crippen molar-refractivity contribution < 1.29 is 5.11 Å². The predicted molar refractivity (Wildman–Crippen MR) is 83.2 cm³/mol. The van der Waals surface area contributed by atoms with Crippen LogP contribution in [0.5, 0.6) is 0 Å². The quantitative estimate of drug-likeness (QED) is 0.822.